The van der Waals surface area contributed by atoms with Gasteiger partial charge >= 0.3 is 12.2 Å². The molecule has 0 aliphatic rings. The summed E-state index contributed by atoms with van der Waals surface area (Å²) in [6, 6.07) is 3.59. The number of primary amides is 1. The number of halogens is 3. The van der Waals surface area contributed by atoms with E-state index in [0.29, 0.717) is 11.3 Å². The predicted octanol–water partition coefficient (Wildman–Crippen LogP) is 2.10. The first kappa shape index (κ1) is 13.0. The Hall–Kier alpha value is -2.05. The highest BCUT2D eigenvalue weighted by Gasteiger charge is 2.29. The van der Waals surface area contributed by atoms with Gasteiger partial charge in [-0.3, -0.25) is 0 Å². The number of hydrazone groups is 1. The van der Waals surface area contributed by atoms with Crippen molar-refractivity contribution in [3.8, 4) is 0 Å². The van der Waals surface area contributed by atoms with E-state index in [1.165, 1.54) is 12.1 Å². The molecule has 0 radical (unpaired) electrons. The Labute approximate surface area is 95.3 Å². The van der Waals surface area contributed by atoms with Crippen molar-refractivity contribution in [3.63, 3.8) is 0 Å². The van der Waals surface area contributed by atoms with E-state index in [9.17, 15) is 18.0 Å². The van der Waals surface area contributed by atoms with Gasteiger partial charge in [0.25, 0.3) is 0 Å². The third-order valence-corrected chi connectivity index (χ3v) is 1.96. The van der Waals surface area contributed by atoms with E-state index in [4.69, 9.17) is 5.73 Å². The van der Waals surface area contributed by atoms with Crippen LogP contribution in [0.15, 0.2) is 29.4 Å². The number of alkyl halides is 3. The Morgan fingerprint density at radius 1 is 1.29 bits per heavy atom. The van der Waals surface area contributed by atoms with Crippen molar-refractivity contribution in [2.24, 2.45) is 10.8 Å². The average molecular weight is 245 g/mol. The lowest BCUT2D eigenvalue weighted by atomic mass is 10.1. The molecule has 0 atom stereocenters. The minimum absolute atomic E-state index is 0.359. The normalized spacial score (nSPS) is 12.4. The van der Waals surface area contributed by atoms with E-state index in [1.807, 2.05) is 5.43 Å². The van der Waals surface area contributed by atoms with Gasteiger partial charge in [-0.25, -0.2) is 10.2 Å². The maximum atomic E-state index is 12.3. The van der Waals surface area contributed by atoms with Crippen LogP contribution in [0.2, 0.25) is 0 Å². The fourth-order valence-electron chi connectivity index (χ4n) is 1.10. The second-order valence-corrected chi connectivity index (χ2v) is 3.25. The van der Waals surface area contributed by atoms with Crippen molar-refractivity contribution < 1.29 is 18.0 Å². The summed E-state index contributed by atoms with van der Waals surface area (Å²) in [4.78, 5) is 10.4. The van der Waals surface area contributed by atoms with Crippen LogP contribution in [-0.2, 0) is 6.18 Å². The van der Waals surface area contributed by atoms with Crippen LogP contribution < -0.4 is 11.2 Å². The lowest BCUT2D eigenvalue weighted by Crippen LogP contribution is -2.25. The van der Waals surface area contributed by atoms with E-state index in [-0.39, 0.29) is 0 Å². The first-order valence-corrected chi connectivity index (χ1v) is 4.58. The third kappa shape index (κ3) is 3.78. The monoisotopic (exact) mass is 245 g/mol. The number of benzene rings is 1. The molecule has 17 heavy (non-hydrogen) atoms. The van der Waals surface area contributed by atoms with Gasteiger partial charge in [0, 0.05) is 0 Å². The molecule has 92 valence electrons. The van der Waals surface area contributed by atoms with Gasteiger partial charge in [0.1, 0.15) is 0 Å². The molecular formula is C10H10F3N3O. The smallest absolute Gasteiger partial charge is 0.350 e. The molecule has 1 aromatic carbocycles. The number of hydrogen-bond acceptors (Lipinski definition) is 2. The highest BCUT2D eigenvalue weighted by Crippen LogP contribution is 2.29. The molecule has 0 aliphatic carbocycles. The zero-order valence-corrected chi connectivity index (χ0v) is 8.88. The van der Waals surface area contributed by atoms with Gasteiger partial charge in [-0.1, -0.05) is 12.1 Å². The maximum absolute atomic E-state index is 12.3. The van der Waals surface area contributed by atoms with Crippen LogP contribution in [-0.4, -0.2) is 11.7 Å². The number of nitrogens with one attached hydrogen (secondary N) is 1. The number of carbonyl (C=O) groups excluding carboxylic acids is 1. The number of rotatable bonds is 2. The lowest BCUT2D eigenvalue weighted by Gasteiger charge is -2.07. The molecule has 0 unspecified atom stereocenters. The van der Waals surface area contributed by atoms with Crippen LogP contribution in [0, 0.1) is 0 Å². The van der Waals surface area contributed by atoms with E-state index in [1.54, 1.807) is 6.92 Å². The summed E-state index contributed by atoms with van der Waals surface area (Å²) in [6.07, 6.45) is -4.37. The highest BCUT2D eigenvalue weighted by atomic mass is 19.4. The van der Waals surface area contributed by atoms with E-state index < -0.39 is 17.8 Å². The predicted molar refractivity (Wildman–Crippen MR) is 56.4 cm³/mol. The fraction of sp³-hybridized carbons (Fsp3) is 0.200. The number of hydrogen-bond donors (Lipinski definition) is 2. The number of amides is 2. The molecule has 0 saturated heterocycles. The van der Waals surface area contributed by atoms with Crippen LogP contribution in [0.25, 0.3) is 0 Å². The van der Waals surface area contributed by atoms with Crippen molar-refractivity contribution in [2.45, 2.75) is 13.1 Å². The van der Waals surface area contributed by atoms with Crippen molar-refractivity contribution >= 4 is 11.7 Å². The minimum Gasteiger partial charge on any atom is -0.350 e. The molecule has 4 nitrogen and oxygen atoms in total. The Morgan fingerprint density at radius 3 is 2.24 bits per heavy atom. The van der Waals surface area contributed by atoms with Crippen molar-refractivity contribution in [1.29, 1.82) is 0 Å². The van der Waals surface area contributed by atoms with Gasteiger partial charge in [0.2, 0.25) is 0 Å². The van der Waals surface area contributed by atoms with Gasteiger partial charge in [-0.05, 0) is 24.6 Å². The SMILES string of the molecule is C/C(=N\NC(N)=O)c1ccc(C(F)(F)F)cc1. The molecule has 0 fully saturated rings. The molecular weight excluding hydrogens is 235 g/mol. The summed E-state index contributed by atoms with van der Waals surface area (Å²) in [5.41, 5.74) is 6.87. The summed E-state index contributed by atoms with van der Waals surface area (Å²) in [5.74, 6) is 0. The quantitative estimate of drug-likeness (QED) is 0.608. The summed E-state index contributed by atoms with van der Waals surface area (Å²) >= 11 is 0. The summed E-state index contributed by atoms with van der Waals surface area (Å²) in [7, 11) is 0. The molecule has 0 saturated carbocycles. The van der Waals surface area contributed by atoms with E-state index in [0.717, 1.165) is 12.1 Å². The van der Waals surface area contributed by atoms with Crippen LogP contribution in [0.5, 0.6) is 0 Å². The summed E-state index contributed by atoms with van der Waals surface area (Å²) in [5, 5.41) is 3.60. The van der Waals surface area contributed by atoms with Gasteiger partial charge in [-0.15, -0.1) is 0 Å². The maximum Gasteiger partial charge on any atom is 0.416 e. The molecule has 0 aliphatic heterocycles. The Kier molecular flexibility index (Phi) is 3.72. The van der Waals surface area contributed by atoms with Crippen LogP contribution in [0.1, 0.15) is 18.1 Å². The van der Waals surface area contributed by atoms with Crippen LogP contribution in [0.4, 0.5) is 18.0 Å². The second-order valence-electron chi connectivity index (χ2n) is 3.25. The lowest BCUT2D eigenvalue weighted by molar-refractivity contribution is -0.137. The number of urea groups is 1. The molecule has 0 aromatic heterocycles. The van der Waals surface area contributed by atoms with Crippen molar-refractivity contribution in [2.75, 3.05) is 0 Å². The number of nitrogens with zero attached hydrogens (tertiary/aromatic N) is 1. The summed E-state index contributed by atoms with van der Waals surface area (Å²) in [6.45, 7) is 1.54. The van der Waals surface area contributed by atoms with E-state index >= 15 is 0 Å². The number of nitrogens with two attached hydrogens (primary N) is 1. The zero-order chi connectivity index (χ0) is 13.1. The fourth-order valence-corrected chi connectivity index (χ4v) is 1.10. The molecule has 0 bridgehead atoms. The second kappa shape index (κ2) is 4.86. The molecule has 0 spiro atoms. The molecule has 1 rings (SSSR count). The first-order valence-electron chi connectivity index (χ1n) is 4.58. The molecule has 0 heterocycles. The molecule has 7 heteroatoms. The van der Waals surface area contributed by atoms with Gasteiger partial charge in [0.05, 0.1) is 11.3 Å². The van der Waals surface area contributed by atoms with Gasteiger partial charge in [-0.2, -0.15) is 18.3 Å². The first-order chi connectivity index (χ1) is 7.80. The van der Waals surface area contributed by atoms with Crippen LogP contribution >= 0.6 is 0 Å². The zero-order valence-electron chi connectivity index (χ0n) is 8.88. The number of carbonyl (C=O) groups is 1. The average Bonchev–Trinajstić information content (AvgIpc) is 2.25. The van der Waals surface area contributed by atoms with Crippen molar-refractivity contribution in [1.82, 2.24) is 5.43 Å². The van der Waals surface area contributed by atoms with E-state index in [2.05, 4.69) is 5.10 Å². The molecule has 2 amide bonds. The Morgan fingerprint density at radius 2 is 1.82 bits per heavy atom. The van der Waals surface area contributed by atoms with Gasteiger partial charge < -0.3 is 5.73 Å². The van der Waals surface area contributed by atoms with Crippen LogP contribution in [0.3, 0.4) is 0 Å². The Bertz CT molecular complexity index is 437. The highest BCUT2D eigenvalue weighted by molar-refractivity contribution is 5.99. The summed E-state index contributed by atoms with van der Waals surface area (Å²) < 4.78 is 36.8. The Balaban J connectivity index is 2.88. The topological polar surface area (TPSA) is 67.5 Å². The molecule has 3 N–H and O–H groups in total. The standard InChI is InChI=1S/C10H10F3N3O/c1-6(15-16-9(14)17)7-2-4-8(5-3-7)10(11,12)13/h2-5H,1H3,(H3,14,16,17)/b15-6+. The largest absolute Gasteiger partial charge is 0.416 e. The minimum atomic E-state index is -4.37. The van der Waals surface area contributed by atoms with Crippen molar-refractivity contribution in [3.05, 3.63) is 35.4 Å². The van der Waals surface area contributed by atoms with Gasteiger partial charge in [0.15, 0.2) is 0 Å². The molecule has 1 aromatic rings. The third-order valence-electron chi connectivity index (χ3n) is 1.96.